The summed E-state index contributed by atoms with van der Waals surface area (Å²) >= 11 is 0. The maximum absolute atomic E-state index is 10.8. The Morgan fingerprint density at radius 3 is 2.64 bits per heavy atom. The van der Waals surface area contributed by atoms with Crippen LogP contribution in [-0.4, -0.2) is 43.9 Å². The number of nitrogens with one attached hydrogen (secondary N) is 3. The number of carboxylic acids is 1. The molecule has 0 aromatic heterocycles. The Balaban J connectivity index is 3.24. The molecule has 0 aromatic carbocycles. The van der Waals surface area contributed by atoms with Crippen molar-refractivity contribution in [1.82, 2.24) is 16.1 Å². The molecule has 7 nitrogen and oxygen atoms in total. The third kappa shape index (κ3) is 8.75. The van der Waals surface area contributed by atoms with Gasteiger partial charge in [0, 0.05) is 6.54 Å². The van der Waals surface area contributed by atoms with Crippen LogP contribution in [0, 0.1) is 0 Å². The first kappa shape index (κ1) is 12.7. The Morgan fingerprint density at radius 1 is 1.36 bits per heavy atom. The maximum atomic E-state index is 10.8. The minimum absolute atomic E-state index is 0.503. The van der Waals surface area contributed by atoms with Gasteiger partial charge in [0.2, 0.25) is 0 Å². The summed E-state index contributed by atoms with van der Waals surface area (Å²) in [4.78, 5) is 25.1. The van der Waals surface area contributed by atoms with Crippen LogP contribution in [-0.2, 0) is 9.63 Å². The fourth-order valence-corrected chi connectivity index (χ4v) is 0.667. The molecule has 0 rings (SSSR count). The standard InChI is InChI=1S/C7H15N3O4/c1-8-3-2-4-9-7(13)10-14-5-6(11)12/h8H,2-5H2,1H3,(H,11,12)(H2,9,10,13). The zero-order chi connectivity index (χ0) is 10.8. The summed E-state index contributed by atoms with van der Waals surface area (Å²) in [5.41, 5.74) is 1.94. The predicted octanol–water partition coefficient (Wildman–Crippen LogP) is -1.09. The molecule has 14 heavy (non-hydrogen) atoms. The second kappa shape index (κ2) is 8.27. The van der Waals surface area contributed by atoms with E-state index < -0.39 is 18.6 Å². The largest absolute Gasteiger partial charge is 0.479 e. The van der Waals surface area contributed by atoms with Crippen LogP contribution in [0.3, 0.4) is 0 Å². The van der Waals surface area contributed by atoms with Crippen molar-refractivity contribution in [1.29, 1.82) is 0 Å². The second-order valence-electron chi connectivity index (χ2n) is 2.50. The van der Waals surface area contributed by atoms with E-state index in [2.05, 4.69) is 15.5 Å². The summed E-state index contributed by atoms with van der Waals surface area (Å²) < 4.78 is 0. The first-order chi connectivity index (χ1) is 6.66. The number of urea groups is 1. The van der Waals surface area contributed by atoms with E-state index in [0.717, 1.165) is 13.0 Å². The van der Waals surface area contributed by atoms with E-state index in [1.54, 1.807) is 0 Å². The monoisotopic (exact) mass is 205 g/mol. The van der Waals surface area contributed by atoms with Crippen LogP contribution in [0.2, 0.25) is 0 Å². The number of rotatable bonds is 7. The molecule has 4 N–H and O–H groups in total. The van der Waals surface area contributed by atoms with E-state index in [1.165, 1.54) is 0 Å². The fourth-order valence-electron chi connectivity index (χ4n) is 0.667. The van der Waals surface area contributed by atoms with Crippen LogP contribution < -0.4 is 16.1 Å². The van der Waals surface area contributed by atoms with Crippen molar-refractivity contribution in [2.24, 2.45) is 0 Å². The molecule has 0 aliphatic rings. The molecule has 0 aliphatic carbocycles. The fraction of sp³-hybridized carbons (Fsp3) is 0.714. The molecule has 0 aromatic rings. The number of aliphatic carboxylic acids is 1. The average Bonchev–Trinajstić information content (AvgIpc) is 2.12. The summed E-state index contributed by atoms with van der Waals surface area (Å²) in [6, 6.07) is -0.539. The van der Waals surface area contributed by atoms with Crippen LogP contribution in [0.4, 0.5) is 4.79 Å². The van der Waals surface area contributed by atoms with E-state index >= 15 is 0 Å². The molecule has 2 amide bonds. The zero-order valence-electron chi connectivity index (χ0n) is 8.00. The molecule has 0 radical (unpaired) electrons. The third-order valence-corrected chi connectivity index (χ3v) is 1.25. The Hall–Kier alpha value is -1.34. The van der Waals surface area contributed by atoms with Gasteiger partial charge in [-0.05, 0) is 20.0 Å². The molecule has 0 heterocycles. The number of carbonyl (C=O) groups is 2. The van der Waals surface area contributed by atoms with Gasteiger partial charge in [-0.2, -0.15) is 0 Å². The Labute approximate surface area is 81.8 Å². The number of amides is 2. The number of carboxylic acid groups (broad SMARTS) is 1. The molecule has 0 spiro atoms. The highest BCUT2D eigenvalue weighted by Crippen LogP contribution is 1.74. The first-order valence-corrected chi connectivity index (χ1v) is 4.19. The lowest BCUT2D eigenvalue weighted by Crippen LogP contribution is -2.37. The van der Waals surface area contributed by atoms with Gasteiger partial charge >= 0.3 is 12.0 Å². The highest BCUT2D eigenvalue weighted by molar-refractivity contribution is 5.73. The summed E-state index contributed by atoms with van der Waals surface area (Å²) in [7, 11) is 1.82. The highest BCUT2D eigenvalue weighted by Gasteiger charge is 2.00. The second-order valence-corrected chi connectivity index (χ2v) is 2.50. The summed E-state index contributed by atoms with van der Waals surface area (Å²) in [6.45, 7) is 0.753. The van der Waals surface area contributed by atoms with Crippen LogP contribution in [0.25, 0.3) is 0 Å². The third-order valence-electron chi connectivity index (χ3n) is 1.25. The number of carbonyl (C=O) groups excluding carboxylic acids is 1. The number of hydroxylamine groups is 1. The van der Waals surface area contributed by atoms with E-state index in [0.29, 0.717) is 6.54 Å². The SMILES string of the molecule is CNCCCNC(=O)NOCC(=O)O. The Morgan fingerprint density at radius 2 is 2.07 bits per heavy atom. The van der Waals surface area contributed by atoms with Gasteiger partial charge in [-0.15, -0.1) is 0 Å². The normalized spacial score (nSPS) is 9.50. The molecule has 0 atom stereocenters. The molecule has 0 bridgehead atoms. The average molecular weight is 205 g/mol. The van der Waals surface area contributed by atoms with Gasteiger partial charge in [-0.3, -0.25) is 4.84 Å². The lowest BCUT2D eigenvalue weighted by Gasteiger charge is -2.05. The highest BCUT2D eigenvalue weighted by atomic mass is 16.7. The lowest BCUT2D eigenvalue weighted by molar-refractivity contribution is -0.144. The van der Waals surface area contributed by atoms with E-state index in [1.807, 2.05) is 12.5 Å². The summed E-state index contributed by atoms with van der Waals surface area (Å²) in [5, 5.41) is 13.6. The van der Waals surface area contributed by atoms with Crippen molar-refractivity contribution in [2.45, 2.75) is 6.42 Å². The smallest absolute Gasteiger partial charge is 0.338 e. The van der Waals surface area contributed by atoms with Gasteiger partial charge in [-0.25, -0.2) is 15.1 Å². The van der Waals surface area contributed by atoms with Gasteiger partial charge in [-0.1, -0.05) is 0 Å². The topological polar surface area (TPSA) is 99.7 Å². The number of hydrogen-bond acceptors (Lipinski definition) is 4. The van der Waals surface area contributed by atoms with Crippen molar-refractivity contribution in [3.8, 4) is 0 Å². The molecule has 82 valence electrons. The number of hydrogen-bond donors (Lipinski definition) is 4. The molecule has 0 aliphatic heterocycles. The van der Waals surface area contributed by atoms with Gasteiger partial charge in [0.05, 0.1) is 0 Å². The summed E-state index contributed by atoms with van der Waals surface area (Å²) in [6.07, 6.45) is 0.794. The van der Waals surface area contributed by atoms with E-state index in [9.17, 15) is 9.59 Å². The van der Waals surface area contributed by atoms with Crippen LogP contribution >= 0.6 is 0 Å². The van der Waals surface area contributed by atoms with Crippen LogP contribution in [0.15, 0.2) is 0 Å². The molecular weight excluding hydrogens is 190 g/mol. The molecule has 0 fully saturated rings. The van der Waals surface area contributed by atoms with Gasteiger partial charge in [0.15, 0.2) is 6.61 Å². The zero-order valence-corrected chi connectivity index (χ0v) is 8.00. The molecule has 0 saturated heterocycles. The lowest BCUT2D eigenvalue weighted by atomic mass is 10.4. The van der Waals surface area contributed by atoms with Crippen molar-refractivity contribution >= 4 is 12.0 Å². The van der Waals surface area contributed by atoms with Crippen molar-refractivity contribution in [2.75, 3.05) is 26.7 Å². The minimum Gasteiger partial charge on any atom is -0.479 e. The van der Waals surface area contributed by atoms with Crippen LogP contribution in [0.1, 0.15) is 6.42 Å². The van der Waals surface area contributed by atoms with Crippen molar-refractivity contribution in [3.63, 3.8) is 0 Å². The van der Waals surface area contributed by atoms with Gasteiger partial charge < -0.3 is 15.7 Å². The van der Waals surface area contributed by atoms with Crippen molar-refractivity contribution in [3.05, 3.63) is 0 Å². The van der Waals surface area contributed by atoms with Crippen LogP contribution in [0.5, 0.6) is 0 Å². The molecule has 7 heteroatoms. The van der Waals surface area contributed by atoms with Gasteiger partial charge in [0.1, 0.15) is 0 Å². The Bertz CT molecular complexity index is 186. The maximum Gasteiger partial charge on any atom is 0.338 e. The first-order valence-electron chi connectivity index (χ1n) is 4.19. The quantitative estimate of drug-likeness (QED) is 0.312. The predicted molar refractivity (Wildman–Crippen MR) is 48.7 cm³/mol. The summed E-state index contributed by atoms with van der Waals surface area (Å²) in [5.74, 6) is -1.14. The minimum atomic E-state index is -1.14. The van der Waals surface area contributed by atoms with Gasteiger partial charge in [0.25, 0.3) is 0 Å². The molecule has 0 saturated carbocycles. The van der Waals surface area contributed by atoms with E-state index in [4.69, 9.17) is 5.11 Å². The Kier molecular flexibility index (Phi) is 7.48. The van der Waals surface area contributed by atoms with E-state index in [-0.39, 0.29) is 0 Å². The molecule has 0 unspecified atom stereocenters. The molecular formula is C7H15N3O4. The van der Waals surface area contributed by atoms with Crippen molar-refractivity contribution < 1.29 is 19.5 Å².